The molecule has 2 rings (SSSR count). The van der Waals surface area contributed by atoms with Crippen LogP contribution >= 0.6 is 0 Å². The fourth-order valence-electron chi connectivity index (χ4n) is 3.62. The van der Waals surface area contributed by atoms with E-state index in [-0.39, 0.29) is 17.9 Å². The van der Waals surface area contributed by atoms with Gasteiger partial charge in [0, 0.05) is 45.7 Å². The minimum atomic E-state index is -0.521. The number of nitrogens with zero attached hydrogens (tertiary/aromatic N) is 2. The smallest absolute Gasteiger partial charge is 0.227 e. The first-order valence-corrected chi connectivity index (χ1v) is 9.35. The lowest BCUT2D eigenvalue weighted by atomic mass is 9.92. The van der Waals surface area contributed by atoms with Crippen molar-refractivity contribution in [2.45, 2.75) is 52.0 Å². The van der Waals surface area contributed by atoms with Crippen LogP contribution in [0.4, 0.5) is 0 Å². The highest BCUT2D eigenvalue weighted by molar-refractivity contribution is 5.84. The maximum atomic E-state index is 12.5. The highest BCUT2D eigenvalue weighted by Gasteiger charge is 2.33. The van der Waals surface area contributed by atoms with Gasteiger partial charge in [0.1, 0.15) is 0 Å². The second kappa shape index (κ2) is 8.54. The van der Waals surface area contributed by atoms with E-state index in [4.69, 9.17) is 0 Å². The quantitative estimate of drug-likeness (QED) is 0.503. The zero-order valence-corrected chi connectivity index (χ0v) is 16.0. The molecule has 0 spiro atoms. The van der Waals surface area contributed by atoms with Crippen LogP contribution in [0.3, 0.4) is 0 Å². The lowest BCUT2D eigenvalue weighted by Crippen LogP contribution is -2.50. The van der Waals surface area contributed by atoms with Crippen molar-refractivity contribution in [3.8, 4) is 0 Å². The summed E-state index contributed by atoms with van der Waals surface area (Å²) in [6.45, 7) is 5.82. The number of likely N-dealkylation sites (tertiary alicyclic amines) is 1. The molecule has 0 aromatic rings. The average molecular weight is 351 g/mol. The van der Waals surface area contributed by atoms with E-state index in [9.17, 15) is 9.59 Å². The third-order valence-corrected chi connectivity index (χ3v) is 5.31. The van der Waals surface area contributed by atoms with Gasteiger partial charge < -0.3 is 20.9 Å². The first-order valence-electron chi connectivity index (χ1n) is 9.35. The van der Waals surface area contributed by atoms with Crippen LogP contribution in [-0.2, 0) is 9.59 Å². The van der Waals surface area contributed by atoms with E-state index in [1.807, 2.05) is 18.7 Å². The number of hydrogen-bond acceptors (Lipinski definition) is 3. The molecular formula is C18H33N5O2. The van der Waals surface area contributed by atoms with Gasteiger partial charge in [-0.2, -0.15) is 0 Å². The number of carbonyl (C=O) groups is 2. The highest BCUT2D eigenvalue weighted by atomic mass is 16.2. The van der Waals surface area contributed by atoms with E-state index in [1.54, 1.807) is 14.1 Å². The van der Waals surface area contributed by atoms with E-state index in [0.717, 1.165) is 32.4 Å². The Labute approximate surface area is 151 Å². The summed E-state index contributed by atoms with van der Waals surface area (Å²) < 4.78 is 0. The Morgan fingerprint density at radius 1 is 1.20 bits per heavy atom. The minimum absolute atomic E-state index is 0.00958. The van der Waals surface area contributed by atoms with Crippen LogP contribution in [0.15, 0.2) is 4.99 Å². The van der Waals surface area contributed by atoms with Gasteiger partial charge in [0.15, 0.2) is 5.96 Å². The summed E-state index contributed by atoms with van der Waals surface area (Å²) in [6, 6.07) is 0.208. The number of amides is 2. The molecule has 1 heterocycles. The zero-order valence-electron chi connectivity index (χ0n) is 16.0. The van der Waals surface area contributed by atoms with Gasteiger partial charge in [0.2, 0.25) is 11.8 Å². The van der Waals surface area contributed by atoms with Crippen molar-refractivity contribution in [3.05, 3.63) is 0 Å². The van der Waals surface area contributed by atoms with Crippen LogP contribution in [-0.4, -0.2) is 62.4 Å². The van der Waals surface area contributed by atoms with Gasteiger partial charge in [0.25, 0.3) is 0 Å². The van der Waals surface area contributed by atoms with E-state index in [0.29, 0.717) is 18.4 Å². The molecule has 1 aliphatic carbocycles. The molecule has 25 heavy (non-hydrogen) atoms. The van der Waals surface area contributed by atoms with Gasteiger partial charge in [-0.3, -0.25) is 14.6 Å². The van der Waals surface area contributed by atoms with Crippen LogP contribution in [0.25, 0.3) is 0 Å². The maximum Gasteiger partial charge on any atom is 0.227 e. The number of aliphatic imine (C=N–C) groups is 1. The Balaban J connectivity index is 1.80. The molecule has 2 fully saturated rings. The number of rotatable bonds is 5. The Hall–Kier alpha value is -1.79. The number of nitrogens with one attached hydrogen (secondary N) is 3. The summed E-state index contributed by atoms with van der Waals surface area (Å²) in [5.41, 5.74) is -0.521. The predicted molar refractivity (Wildman–Crippen MR) is 99.3 cm³/mol. The van der Waals surface area contributed by atoms with Crippen molar-refractivity contribution in [2.75, 3.05) is 33.7 Å². The molecule has 1 unspecified atom stereocenters. The van der Waals surface area contributed by atoms with Gasteiger partial charge >= 0.3 is 0 Å². The van der Waals surface area contributed by atoms with Crippen molar-refractivity contribution in [3.63, 3.8) is 0 Å². The average Bonchev–Trinajstić information content (AvgIpc) is 3.28. The maximum absolute atomic E-state index is 12.5. The second-order valence-electron chi connectivity index (χ2n) is 7.78. The lowest BCUT2D eigenvalue weighted by molar-refractivity contribution is -0.134. The predicted octanol–water partition coefficient (Wildman–Crippen LogP) is 0.715. The molecule has 7 heteroatoms. The fourth-order valence-corrected chi connectivity index (χ4v) is 3.62. The molecule has 7 nitrogen and oxygen atoms in total. The van der Waals surface area contributed by atoms with Crippen molar-refractivity contribution in [1.29, 1.82) is 0 Å². The molecule has 0 aromatic carbocycles. The van der Waals surface area contributed by atoms with Crippen LogP contribution < -0.4 is 16.0 Å². The molecule has 1 saturated heterocycles. The lowest BCUT2D eigenvalue weighted by Gasteiger charge is -2.25. The molecule has 0 bridgehead atoms. The normalized spacial score (nSPS) is 22.2. The van der Waals surface area contributed by atoms with Crippen molar-refractivity contribution in [1.82, 2.24) is 20.9 Å². The topological polar surface area (TPSA) is 85.8 Å². The SMILES string of the molecule is CN=C(NCC(C)(C)C(=O)NC)NC1CCN(C(=O)C2CCCC2)C1. The summed E-state index contributed by atoms with van der Waals surface area (Å²) in [7, 11) is 3.37. The first kappa shape index (κ1) is 19.5. The molecule has 2 amide bonds. The molecule has 0 radical (unpaired) electrons. The van der Waals surface area contributed by atoms with E-state index in [1.165, 1.54) is 12.8 Å². The number of guanidine groups is 1. The Bertz CT molecular complexity index is 512. The van der Waals surface area contributed by atoms with Crippen molar-refractivity contribution < 1.29 is 9.59 Å². The zero-order chi connectivity index (χ0) is 18.4. The van der Waals surface area contributed by atoms with Gasteiger partial charge in [-0.05, 0) is 33.1 Å². The largest absolute Gasteiger partial charge is 0.359 e. The summed E-state index contributed by atoms with van der Waals surface area (Å²) in [5, 5.41) is 9.29. The molecule has 1 atom stereocenters. The van der Waals surface area contributed by atoms with Crippen molar-refractivity contribution in [2.24, 2.45) is 16.3 Å². The summed E-state index contributed by atoms with van der Waals surface area (Å²) in [5.74, 6) is 1.23. The van der Waals surface area contributed by atoms with E-state index < -0.39 is 5.41 Å². The summed E-state index contributed by atoms with van der Waals surface area (Å²) >= 11 is 0. The minimum Gasteiger partial charge on any atom is -0.359 e. The summed E-state index contributed by atoms with van der Waals surface area (Å²) in [4.78, 5) is 30.6. The molecular weight excluding hydrogens is 318 g/mol. The fraction of sp³-hybridized carbons (Fsp3) is 0.833. The number of carbonyl (C=O) groups excluding carboxylic acids is 2. The van der Waals surface area contributed by atoms with Crippen LogP contribution in [0.2, 0.25) is 0 Å². The summed E-state index contributed by atoms with van der Waals surface area (Å²) in [6.07, 6.45) is 5.39. The van der Waals surface area contributed by atoms with Crippen molar-refractivity contribution >= 4 is 17.8 Å². The molecule has 0 aromatic heterocycles. The van der Waals surface area contributed by atoms with E-state index in [2.05, 4.69) is 20.9 Å². The molecule has 3 N–H and O–H groups in total. The van der Waals surface area contributed by atoms with Gasteiger partial charge in [-0.25, -0.2) is 0 Å². The van der Waals surface area contributed by atoms with E-state index >= 15 is 0 Å². The number of hydrogen-bond donors (Lipinski definition) is 3. The molecule has 2 aliphatic rings. The van der Waals surface area contributed by atoms with Crippen LogP contribution in [0.5, 0.6) is 0 Å². The van der Waals surface area contributed by atoms with Gasteiger partial charge in [-0.1, -0.05) is 12.8 Å². The third kappa shape index (κ3) is 5.09. The first-order chi connectivity index (χ1) is 11.9. The third-order valence-electron chi connectivity index (χ3n) is 5.31. The van der Waals surface area contributed by atoms with Crippen LogP contribution in [0.1, 0.15) is 46.0 Å². The Kier molecular flexibility index (Phi) is 6.67. The standard InChI is InChI=1S/C18H33N5O2/c1-18(2,16(25)19-3)12-21-17(20-4)22-14-9-10-23(11-14)15(24)13-7-5-6-8-13/h13-14H,5-12H2,1-4H3,(H,19,25)(H2,20,21,22). The Morgan fingerprint density at radius 2 is 1.88 bits per heavy atom. The second-order valence-corrected chi connectivity index (χ2v) is 7.78. The molecule has 142 valence electrons. The highest BCUT2D eigenvalue weighted by Crippen LogP contribution is 2.27. The monoisotopic (exact) mass is 351 g/mol. The molecule has 1 saturated carbocycles. The molecule has 1 aliphatic heterocycles. The van der Waals surface area contributed by atoms with Gasteiger partial charge in [0.05, 0.1) is 5.41 Å². The van der Waals surface area contributed by atoms with Gasteiger partial charge in [-0.15, -0.1) is 0 Å². The van der Waals surface area contributed by atoms with Crippen LogP contribution in [0, 0.1) is 11.3 Å². The Morgan fingerprint density at radius 3 is 2.48 bits per heavy atom.